The molecule has 0 radical (unpaired) electrons. The molecule has 1 aliphatic heterocycles. The molecule has 1 aliphatic rings. The van der Waals surface area contributed by atoms with E-state index in [1.54, 1.807) is 37.3 Å². The molecular weight excluding hydrogens is 360 g/mol. The number of rotatable bonds is 7. The molecule has 3 rings (SSSR count). The van der Waals surface area contributed by atoms with E-state index in [1.807, 2.05) is 31.2 Å². The third-order valence-electron chi connectivity index (χ3n) is 4.57. The SMILES string of the molecule is CCOc1ccc(N2CC(C(=O)Nc3cc(OC)cc(OC)c3)CC2=O)cc1. The predicted molar refractivity (Wildman–Crippen MR) is 106 cm³/mol. The number of nitrogens with zero attached hydrogens (tertiary/aromatic N) is 1. The summed E-state index contributed by atoms with van der Waals surface area (Å²) in [6.45, 7) is 2.83. The van der Waals surface area contributed by atoms with Crippen LogP contribution in [0.4, 0.5) is 11.4 Å². The van der Waals surface area contributed by atoms with Crippen LogP contribution in [0.25, 0.3) is 0 Å². The van der Waals surface area contributed by atoms with Crippen LogP contribution < -0.4 is 24.4 Å². The Kier molecular flexibility index (Phi) is 6.03. The number of amides is 2. The fourth-order valence-electron chi connectivity index (χ4n) is 3.15. The van der Waals surface area contributed by atoms with E-state index in [2.05, 4.69) is 5.32 Å². The minimum atomic E-state index is -0.434. The third-order valence-corrected chi connectivity index (χ3v) is 4.57. The normalized spacial score (nSPS) is 16.0. The largest absolute Gasteiger partial charge is 0.497 e. The van der Waals surface area contributed by atoms with Gasteiger partial charge in [-0.25, -0.2) is 0 Å². The molecule has 1 saturated heterocycles. The topological polar surface area (TPSA) is 77.1 Å². The zero-order valence-corrected chi connectivity index (χ0v) is 16.2. The van der Waals surface area contributed by atoms with Gasteiger partial charge in [0, 0.05) is 42.5 Å². The Bertz CT molecular complexity index is 828. The molecule has 28 heavy (non-hydrogen) atoms. The average molecular weight is 384 g/mol. The van der Waals surface area contributed by atoms with Crippen LogP contribution in [0.5, 0.6) is 17.2 Å². The van der Waals surface area contributed by atoms with E-state index < -0.39 is 5.92 Å². The molecule has 148 valence electrons. The fraction of sp³-hybridized carbons (Fsp3) is 0.333. The number of carbonyl (C=O) groups is 2. The second kappa shape index (κ2) is 8.65. The Hall–Kier alpha value is -3.22. The maximum absolute atomic E-state index is 12.7. The van der Waals surface area contributed by atoms with Gasteiger partial charge in [0.25, 0.3) is 0 Å². The minimum Gasteiger partial charge on any atom is -0.497 e. The Morgan fingerprint density at radius 1 is 1.07 bits per heavy atom. The first-order valence-corrected chi connectivity index (χ1v) is 9.11. The lowest BCUT2D eigenvalue weighted by atomic mass is 10.1. The number of anilines is 2. The molecule has 1 atom stereocenters. The van der Waals surface area contributed by atoms with E-state index in [0.717, 1.165) is 11.4 Å². The lowest BCUT2D eigenvalue weighted by molar-refractivity contribution is -0.122. The molecule has 7 nitrogen and oxygen atoms in total. The zero-order valence-electron chi connectivity index (χ0n) is 16.2. The molecule has 2 amide bonds. The van der Waals surface area contributed by atoms with Gasteiger partial charge in [-0.3, -0.25) is 9.59 Å². The second-order valence-corrected chi connectivity index (χ2v) is 6.42. The number of carbonyl (C=O) groups excluding carboxylic acids is 2. The van der Waals surface area contributed by atoms with Gasteiger partial charge >= 0.3 is 0 Å². The molecule has 0 aliphatic carbocycles. The van der Waals surface area contributed by atoms with Crippen molar-refractivity contribution >= 4 is 23.2 Å². The predicted octanol–water partition coefficient (Wildman–Crippen LogP) is 3.09. The highest BCUT2D eigenvalue weighted by Gasteiger charge is 2.35. The van der Waals surface area contributed by atoms with Gasteiger partial charge in [-0.15, -0.1) is 0 Å². The molecule has 0 aromatic heterocycles. The monoisotopic (exact) mass is 384 g/mol. The van der Waals surface area contributed by atoms with Crippen molar-refractivity contribution in [1.29, 1.82) is 0 Å². The average Bonchev–Trinajstić information content (AvgIpc) is 3.10. The van der Waals surface area contributed by atoms with Gasteiger partial charge < -0.3 is 24.4 Å². The summed E-state index contributed by atoms with van der Waals surface area (Å²) in [6, 6.07) is 12.4. The first-order chi connectivity index (χ1) is 13.5. The second-order valence-electron chi connectivity index (χ2n) is 6.42. The van der Waals surface area contributed by atoms with Gasteiger partial charge in [-0.05, 0) is 31.2 Å². The smallest absolute Gasteiger partial charge is 0.229 e. The van der Waals surface area contributed by atoms with Crippen LogP contribution in [0.3, 0.4) is 0 Å². The highest BCUT2D eigenvalue weighted by molar-refractivity contribution is 6.03. The maximum atomic E-state index is 12.7. The molecule has 1 fully saturated rings. The summed E-state index contributed by atoms with van der Waals surface area (Å²) >= 11 is 0. The number of nitrogens with one attached hydrogen (secondary N) is 1. The Morgan fingerprint density at radius 2 is 1.71 bits per heavy atom. The summed E-state index contributed by atoms with van der Waals surface area (Å²) in [7, 11) is 3.09. The Balaban J connectivity index is 1.68. The summed E-state index contributed by atoms with van der Waals surface area (Å²) in [5.41, 5.74) is 1.32. The van der Waals surface area contributed by atoms with Gasteiger partial charge in [0.2, 0.25) is 11.8 Å². The molecule has 0 spiro atoms. The first-order valence-electron chi connectivity index (χ1n) is 9.11. The van der Waals surface area contributed by atoms with Crippen LogP contribution in [0.1, 0.15) is 13.3 Å². The van der Waals surface area contributed by atoms with E-state index in [1.165, 1.54) is 0 Å². The lowest BCUT2D eigenvalue weighted by Crippen LogP contribution is -2.28. The molecule has 1 N–H and O–H groups in total. The van der Waals surface area contributed by atoms with Crippen LogP contribution in [-0.2, 0) is 9.59 Å². The van der Waals surface area contributed by atoms with E-state index in [-0.39, 0.29) is 18.2 Å². The van der Waals surface area contributed by atoms with Crippen molar-refractivity contribution < 1.29 is 23.8 Å². The third kappa shape index (κ3) is 4.36. The molecule has 2 aromatic rings. The number of hydrogen-bond acceptors (Lipinski definition) is 5. The quantitative estimate of drug-likeness (QED) is 0.794. The van der Waals surface area contributed by atoms with Crippen molar-refractivity contribution in [2.45, 2.75) is 13.3 Å². The summed E-state index contributed by atoms with van der Waals surface area (Å²) in [5.74, 6) is 1.18. The maximum Gasteiger partial charge on any atom is 0.229 e. The Labute approximate surface area is 164 Å². The minimum absolute atomic E-state index is 0.0764. The van der Waals surface area contributed by atoms with E-state index in [9.17, 15) is 9.59 Å². The molecule has 2 aromatic carbocycles. The Morgan fingerprint density at radius 3 is 2.29 bits per heavy atom. The molecule has 0 saturated carbocycles. The molecule has 1 unspecified atom stereocenters. The molecular formula is C21H24N2O5. The first kappa shape index (κ1) is 19.5. The van der Waals surface area contributed by atoms with Crippen LogP contribution >= 0.6 is 0 Å². The van der Waals surface area contributed by atoms with Crippen molar-refractivity contribution in [3.63, 3.8) is 0 Å². The van der Waals surface area contributed by atoms with Gasteiger partial charge in [0.1, 0.15) is 17.2 Å². The summed E-state index contributed by atoms with van der Waals surface area (Å²) in [4.78, 5) is 26.7. The zero-order chi connectivity index (χ0) is 20.1. The number of ether oxygens (including phenoxy) is 3. The van der Waals surface area contributed by atoms with Crippen LogP contribution in [0.15, 0.2) is 42.5 Å². The van der Waals surface area contributed by atoms with E-state index >= 15 is 0 Å². The van der Waals surface area contributed by atoms with Crippen molar-refractivity contribution in [3.05, 3.63) is 42.5 Å². The van der Waals surface area contributed by atoms with Gasteiger partial charge in [-0.2, -0.15) is 0 Å². The van der Waals surface area contributed by atoms with E-state index in [4.69, 9.17) is 14.2 Å². The molecule has 0 bridgehead atoms. The highest BCUT2D eigenvalue weighted by atomic mass is 16.5. The summed E-state index contributed by atoms with van der Waals surface area (Å²) in [5, 5.41) is 2.85. The van der Waals surface area contributed by atoms with E-state index in [0.29, 0.717) is 30.3 Å². The summed E-state index contributed by atoms with van der Waals surface area (Å²) < 4.78 is 15.9. The van der Waals surface area contributed by atoms with Crippen LogP contribution in [0.2, 0.25) is 0 Å². The van der Waals surface area contributed by atoms with Crippen molar-refractivity contribution in [2.75, 3.05) is 37.6 Å². The van der Waals surface area contributed by atoms with Gasteiger partial charge in [0.15, 0.2) is 0 Å². The van der Waals surface area contributed by atoms with Crippen LogP contribution in [0, 0.1) is 5.92 Å². The number of methoxy groups -OCH3 is 2. The van der Waals surface area contributed by atoms with Crippen molar-refractivity contribution in [3.8, 4) is 17.2 Å². The highest BCUT2D eigenvalue weighted by Crippen LogP contribution is 2.29. The van der Waals surface area contributed by atoms with Gasteiger partial charge in [0.05, 0.1) is 26.7 Å². The fourth-order valence-corrected chi connectivity index (χ4v) is 3.15. The number of benzene rings is 2. The van der Waals surface area contributed by atoms with Crippen molar-refractivity contribution in [1.82, 2.24) is 0 Å². The molecule has 1 heterocycles. The lowest BCUT2D eigenvalue weighted by Gasteiger charge is -2.17. The molecule has 7 heteroatoms. The van der Waals surface area contributed by atoms with Crippen LogP contribution in [-0.4, -0.2) is 39.2 Å². The van der Waals surface area contributed by atoms with Gasteiger partial charge in [-0.1, -0.05) is 0 Å². The standard InChI is InChI=1S/C21H24N2O5/c1-4-28-17-7-5-16(6-8-17)23-13-14(9-20(23)24)21(25)22-15-10-18(26-2)12-19(11-15)27-3/h5-8,10-12,14H,4,9,13H2,1-3H3,(H,22,25). The van der Waals surface area contributed by atoms with Crippen molar-refractivity contribution in [2.24, 2.45) is 5.92 Å². The summed E-state index contributed by atoms with van der Waals surface area (Å²) in [6.07, 6.45) is 0.167. The number of hydrogen-bond donors (Lipinski definition) is 1.